The molecule has 0 saturated carbocycles. The van der Waals surface area contributed by atoms with Gasteiger partial charge in [-0.3, -0.25) is 4.79 Å². The molecule has 0 aromatic heterocycles. The third kappa shape index (κ3) is 5.34. The Morgan fingerprint density at radius 2 is 1.94 bits per heavy atom. The molecule has 0 atom stereocenters. The quantitative estimate of drug-likeness (QED) is 0.517. The Morgan fingerprint density at radius 1 is 1.22 bits per heavy atom. The van der Waals surface area contributed by atoms with E-state index in [1.165, 1.54) is 6.08 Å². The van der Waals surface area contributed by atoms with Gasteiger partial charge in [-0.05, 0) is 6.42 Å². The number of esters is 1. The van der Waals surface area contributed by atoms with Crippen LogP contribution in [-0.2, 0) is 19.1 Å². The standard InChI is InChI=1S/C14H22O4/c1-4-5-6-7-8-11(15)9-12-10-13(16)18-14(2,3)17-12/h10H,4-9H2,1-3H3. The first-order valence-corrected chi connectivity index (χ1v) is 6.57. The van der Waals surface area contributed by atoms with E-state index < -0.39 is 11.8 Å². The minimum Gasteiger partial charge on any atom is -0.456 e. The summed E-state index contributed by atoms with van der Waals surface area (Å²) in [5, 5.41) is 0. The van der Waals surface area contributed by atoms with Crippen molar-refractivity contribution in [2.75, 3.05) is 0 Å². The zero-order valence-electron chi connectivity index (χ0n) is 11.5. The Morgan fingerprint density at radius 3 is 2.56 bits per heavy atom. The largest absolute Gasteiger partial charge is 0.456 e. The van der Waals surface area contributed by atoms with Crippen LogP contribution < -0.4 is 0 Å². The van der Waals surface area contributed by atoms with E-state index in [4.69, 9.17) is 9.47 Å². The molecule has 0 N–H and O–H groups in total. The normalized spacial score (nSPS) is 17.7. The second kappa shape index (κ2) is 6.57. The van der Waals surface area contributed by atoms with Crippen LogP contribution in [0.5, 0.6) is 0 Å². The lowest BCUT2D eigenvalue weighted by Gasteiger charge is -2.30. The average Bonchev–Trinajstić information content (AvgIpc) is 2.21. The molecular weight excluding hydrogens is 232 g/mol. The SMILES string of the molecule is CCCCCCC(=O)CC1=CC(=O)OC(C)(C)O1. The van der Waals surface area contributed by atoms with Crippen molar-refractivity contribution >= 4 is 11.8 Å². The highest BCUT2D eigenvalue weighted by atomic mass is 16.7. The van der Waals surface area contributed by atoms with Crippen molar-refractivity contribution in [1.82, 2.24) is 0 Å². The smallest absolute Gasteiger partial charge is 0.337 e. The minimum absolute atomic E-state index is 0.114. The van der Waals surface area contributed by atoms with Crippen LogP contribution in [-0.4, -0.2) is 17.5 Å². The first-order valence-electron chi connectivity index (χ1n) is 6.57. The van der Waals surface area contributed by atoms with Crippen LogP contribution in [0.1, 0.15) is 59.3 Å². The molecule has 1 aliphatic rings. The van der Waals surface area contributed by atoms with Gasteiger partial charge in [0, 0.05) is 20.3 Å². The lowest BCUT2D eigenvalue weighted by atomic mass is 10.1. The van der Waals surface area contributed by atoms with Gasteiger partial charge < -0.3 is 9.47 Å². The highest BCUT2D eigenvalue weighted by molar-refractivity contribution is 5.86. The molecule has 0 unspecified atom stereocenters. The summed E-state index contributed by atoms with van der Waals surface area (Å²) >= 11 is 0. The number of hydrogen-bond donors (Lipinski definition) is 0. The molecule has 18 heavy (non-hydrogen) atoms. The first-order chi connectivity index (χ1) is 8.43. The molecule has 102 valence electrons. The summed E-state index contributed by atoms with van der Waals surface area (Å²) in [6.07, 6.45) is 6.30. The van der Waals surface area contributed by atoms with Crippen molar-refractivity contribution < 1.29 is 19.1 Å². The van der Waals surface area contributed by atoms with Crippen LogP contribution in [0.3, 0.4) is 0 Å². The average molecular weight is 254 g/mol. The van der Waals surface area contributed by atoms with Gasteiger partial charge in [-0.15, -0.1) is 0 Å². The molecule has 0 saturated heterocycles. The number of carbonyl (C=O) groups excluding carboxylic acids is 2. The molecule has 4 nitrogen and oxygen atoms in total. The van der Waals surface area contributed by atoms with Gasteiger partial charge in [0.25, 0.3) is 0 Å². The molecule has 0 fully saturated rings. The molecule has 1 heterocycles. The van der Waals surface area contributed by atoms with Crippen molar-refractivity contribution in [1.29, 1.82) is 0 Å². The summed E-state index contributed by atoms with van der Waals surface area (Å²) in [4.78, 5) is 23.0. The fraction of sp³-hybridized carbons (Fsp3) is 0.714. The highest BCUT2D eigenvalue weighted by Gasteiger charge is 2.30. The van der Waals surface area contributed by atoms with Crippen molar-refractivity contribution in [3.8, 4) is 0 Å². The Labute approximate surface area is 108 Å². The molecule has 0 aromatic rings. The summed E-state index contributed by atoms with van der Waals surface area (Å²) in [6.45, 7) is 5.45. The topological polar surface area (TPSA) is 52.6 Å². The molecule has 0 bridgehead atoms. The number of ketones is 1. The fourth-order valence-electron chi connectivity index (χ4n) is 1.89. The van der Waals surface area contributed by atoms with Gasteiger partial charge in [0.1, 0.15) is 11.5 Å². The summed E-state index contributed by atoms with van der Waals surface area (Å²) < 4.78 is 10.4. The van der Waals surface area contributed by atoms with Crippen LogP contribution in [0.4, 0.5) is 0 Å². The van der Waals surface area contributed by atoms with E-state index in [2.05, 4.69) is 6.92 Å². The number of allylic oxidation sites excluding steroid dienone is 1. The third-order valence-corrected chi connectivity index (χ3v) is 2.68. The second-order valence-corrected chi connectivity index (χ2v) is 5.06. The van der Waals surface area contributed by atoms with E-state index in [9.17, 15) is 9.59 Å². The lowest BCUT2D eigenvalue weighted by Crippen LogP contribution is -2.34. The van der Waals surface area contributed by atoms with Crippen molar-refractivity contribution in [3.05, 3.63) is 11.8 Å². The van der Waals surface area contributed by atoms with Gasteiger partial charge in [0.15, 0.2) is 0 Å². The molecular formula is C14H22O4. The van der Waals surface area contributed by atoms with Crippen LogP contribution in [0.15, 0.2) is 11.8 Å². The molecule has 0 amide bonds. The highest BCUT2D eigenvalue weighted by Crippen LogP contribution is 2.24. The van der Waals surface area contributed by atoms with Gasteiger partial charge in [0.05, 0.1) is 12.5 Å². The number of hydrogen-bond acceptors (Lipinski definition) is 4. The Balaban J connectivity index is 2.37. The Bertz CT molecular complexity index is 342. The van der Waals surface area contributed by atoms with E-state index in [0.29, 0.717) is 12.2 Å². The van der Waals surface area contributed by atoms with E-state index in [1.807, 2.05) is 0 Å². The molecule has 0 radical (unpaired) electrons. The zero-order chi connectivity index (χ0) is 13.6. The number of carbonyl (C=O) groups is 2. The maximum absolute atomic E-state index is 11.7. The van der Waals surface area contributed by atoms with E-state index in [-0.39, 0.29) is 12.2 Å². The van der Waals surface area contributed by atoms with Crippen molar-refractivity contribution in [3.63, 3.8) is 0 Å². The van der Waals surface area contributed by atoms with Crippen LogP contribution >= 0.6 is 0 Å². The number of ether oxygens (including phenoxy) is 2. The van der Waals surface area contributed by atoms with E-state index in [1.54, 1.807) is 13.8 Å². The lowest BCUT2D eigenvalue weighted by molar-refractivity contribution is -0.205. The minimum atomic E-state index is -0.969. The van der Waals surface area contributed by atoms with Gasteiger partial charge in [-0.1, -0.05) is 26.2 Å². The monoisotopic (exact) mass is 254 g/mol. The van der Waals surface area contributed by atoms with Gasteiger partial charge in [-0.2, -0.15) is 0 Å². The van der Waals surface area contributed by atoms with Crippen LogP contribution in [0, 0.1) is 0 Å². The number of cyclic esters (lactones) is 1. The molecule has 1 rings (SSSR count). The van der Waals surface area contributed by atoms with Gasteiger partial charge in [0.2, 0.25) is 5.79 Å². The summed E-state index contributed by atoms with van der Waals surface area (Å²) in [5.41, 5.74) is 0. The molecule has 0 aromatic carbocycles. The first kappa shape index (κ1) is 14.7. The second-order valence-electron chi connectivity index (χ2n) is 5.06. The summed E-state index contributed by atoms with van der Waals surface area (Å²) in [7, 11) is 0. The van der Waals surface area contributed by atoms with Crippen molar-refractivity contribution in [2.45, 2.75) is 65.1 Å². The van der Waals surface area contributed by atoms with E-state index >= 15 is 0 Å². The molecule has 0 spiro atoms. The predicted octanol–water partition coefficient (Wildman–Crippen LogP) is 3.11. The number of rotatable bonds is 7. The Kier molecular flexibility index (Phi) is 5.38. The fourth-order valence-corrected chi connectivity index (χ4v) is 1.89. The van der Waals surface area contributed by atoms with Gasteiger partial charge >= 0.3 is 5.97 Å². The number of Topliss-reactive ketones (excluding diaryl/α,β-unsaturated/α-hetero) is 1. The number of unbranched alkanes of at least 4 members (excludes halogenated alkanes) is 3. The zero-order valence-corrected chi connectivity index (χ0v) is 11.5. The Hall–Kier alpha value is -1.32. The molecule has 4 heteroatoms. The maximum Gasteiger partial charge on any atom is 0.337 e. The summed E-state index contributed by atoms with van der Waals surface area (Å²) in [6, 6.07) is 0. The van der Waals surface area contributed by atoms with Crippen molar-refractivity contribution in [2.24, 2.45) is 0 Å². The molecule has 0 aliphatic carbocycles. The predicted molar refractivity (Wildman–Crippen MR) is 67.7 cm³/mol. The summed E-state index contributed by atoms with van der Waals surface area (Å²) in [5.74, 6) is -0.886. The molecule has 1 aliphatic heterocycles. The maximum atomic E-state index is 11.7. The van der Waals surface area contributed by atoms with E-state index in [0.717, 1.165) is 25.7 Å². The van der Waals surface area contributed by atoms with Crippen LogP contribution in [0.2, 0.25) is 0 Å². The van der Waals surface area contributed by atoms with Gasteiger partial charge in [-0.25, -0.2) is 4.79 Å². The third-order valence-electron chi connectivity index (χ3n) is 2.68. The van der Waals surface area contributed by atoms with Crippen LogP contribution in [0.25, 0.3) is 0 Å².